The number of rotatable bonds is 4. The van der Waals surface area contributed by atoms with E-state index in [0.29, 0.717) is 26.2 Å². The van der Waals surface area contributed by atoms with Gasteiger partial charge in [-0.05, 0) is 20.8 Å². The molecule has 2 rings (SSSR count). The second kappa shape index (κ2) is 8.83. The molecule has 1 fully saturated rings. The molecular weight excluding hydrogens is 391 g/mol. The molecule has 0 N–H and O–H groups in total. The molecule has 162 valence electrons. The Morgan fingerprint density at radius 2 is 1.66 bits per heavy atom. The molecule has 1 aliphatic heterocycles. The van der Waals surface area contributed by atoms with E-state index in [-0.39, 0.29) is 24.8 Å². The van der Waals surface area contributed by atoms with Crippen molar-refractivity contribution in [1.29, 1.82) is 0 Å². The molecule has 0 aromatic carbocycles. The molecule has 11 heteroatoms. The van der Waals surface area contributed by atoms with Gasteiger partial charge in [-0.1, -0.05) is 0 Å². The smallest absolute Gasteiger partial charge is 0.419 e. The third-order valence-corrected chi connectivity index (χ3v) is 4.25. The average Bonchev–Trinajstić information content (AvgIpc) is 2.64. The summed E-state index contributed by atoms with van der Waals surface area (Å²) in [5.74, 6) is 0.100. The molecule has 0 radical (unpaired) electrons. The lowest BCUT2D eigenvalue weighted by atomic mass is 10.2. The predicted octanol–water partition coefficient (Wildman–Crippen LogP) is 2.40. The van der Waals surface area contributed by atoms with Gasteiger partial charge in [0.2, 0.25) is 11.9 Å². The minimum atomic E-state index is -4.48. The summed E-state index contributed by atoms with van der Waals surface area (Å²) >= 11 is 0. The number of ether oxygens (including phenoxy) is 1. The Bertz CT molecular complexity index is 711. The van der Waals surface area contributed by atoms with E-state index in [2.05, 4.69) is 9.97 Å². The SMILES string of the molecule is CN(CCC(=O)N1CCN(c2ncc(C(F)(F)F)cn2)CC1)C(=O)OC(C)(C)C. The fourth-order valence-corrected chi connectivity index (χ4v) is 2.64. The fraction of sp³-hybridized carbons (Fsp3) is 0.667. The number of alkyl halides is 3. The highest BCUT2D eigenvalue weighted by Crippen LogP contribution is 2.28. The Morgan fingerprint density at radius 1 is 1.10 bits per heavy atom. The minimum Gasteiger partial charge on any atom is -0.444 e. The molecule has 0 saturated carbocycles. The molecule has 0 unspecified atom stereocenters. The maximum atomic E-state index is 12.6. The standard InChI is InChI=1S/C18H26F3N5O3/c1-17(2,3)29-16(28)24(4)6-5-14(27)25-7-9-26(10-8-25)15-22-11-13(12-23-15)18(19,20)21/h11-12H,5-10H2,1-4H3. The van der Waals surface area contributed by atoms with Crippen LogP contribution >= 0.6 is 0 Å². The number of nitrogens with zero attached hydrogens (tertiary/aromatic N) is 5. The zero-order valence-electron chi connectivity index (χ0n) is 17.0. The Labute approximate surface area is 167 Å². The molecule has 0 spiro atoms. The zero-order valence-corrected chi connectivity index (χ0v) is 17.0. The lowest BCUT2D eigenvalue weighted by Gasteiger charge is -2.35. The van der Waals surface area contributed by atoms with E-state index in [1.54, 1.807) is 37.6 Å². The molecule has 2 amide bonds. The van der Waals surface area contributed by atoms with Crippen molar-refractivity contribution < 1.29 is 27.5 Å². The van der Waals surface area contributed by atoms with Crippen molar-refractivity contribution >= 4 is 17.9 Å². The lowest BCUT2D eigenvalue weighted by molar-refractivity contribution is -0.138. The van der Waals surface area contributed by atoms with Gasteiger partial charge in [0.1, 0.15) is 5.60 Å². The van der Waals surface area contributed by atoms with Gasteiger partial charge >= 0.3 is 12.3 Å². The first kappa shape index (κ1) is 22.7. The maximum absolute atomic E-state index is 12.6. The van der Waals surface area contributed by atoms with E-state index in [0.717, 1.165) is 12.4 Å². The van der Waals surface area contributed by atoms with Crippen molar-refractivity contribution in [3.8, 4) is 0 Å². The van der Waals surface area contributed by atoms with Gasteiger partial charge in [0.15, 0.2) is 0 Å². The summed E-state index contributed by atoms with van der Waals surface area (Å²) in [6.07, 6.45) is -3.30. The van der Waals surface area contributed by atoms with Gasteiger partial charge in [0.25, 0.3) is 0 Å². The van der Waals surface area contributed by atoms with Crippen LogP contribution in [0.3, 0.4) is 0 Å². The first-order valence-electron chi connectivity index (χ1n) is 9.23. The first-order valence-corrected chi connectivity index (χ1v) is 9.23. The van der Waals surface area contributed by atoms with Crippen molar-refractivity contribution in [3.63, 3.8) is 0 Å². The number of hydrogen-bond acceptors (Lipinski definition) is 6. The van der Waals surface area contributed by atoms with Crippen LogP contribution in [0.2, 0.25) is 0 Å². The predicted molar refractivity (Wildman–Crippen MR) is 99.3 cm³/mol. The van der Waals surface area contributed by atoms with Crippen LogP contribution in [0.1, 0.15) is 32.8 Å². The van der Waals surface area contributed by atoms with Crippen LogP contribution in [0.25, 0.3) is 0 Å². The summed E-state index contributed by atoms with van der Waals surface area (Å²) in [4.78, 5) is 36.6. The van der Waals surface area contributed by atoms with Gasteiger partial charge in [-0.25, -0.2) is 14.8 Å². The summed E-state index contributed by atoms with van der Waals surface area (Å²) in [6.45, 7) is 7.17. The molecule has 1 aromatic rings. The zero-order chi connectivity index (χ0) is 21.8. The number of aromatic nitrogens is 2. The van der Waals surface area contributed by atoms with Gasteiger partial charge in [0, 0.05) is 58.6 Å². The number of piperazine rings is 1. The third kappa shape index (κ3) is 6.75. The second-order valence-corrected chi connectivity index (χ2v) is 7.79. The Morgan fingerprint density at radius 3 is 2.14 bits per heavy atom. The summed E-state index contributed by atoms with van der Waals surface area (Å²) in [5, 5.41) is 0. The van der Waals surface area contributed by atoms with Gasteiger partial charge in [0.05, 0.1) is 5.56 Å². The highest BCUT2D eigenvalue weighted by molar-refractivity contribution is 5.77. The van der Waals surface area contributed by atoms with Crippen LogP contribution in [0.4, 0.5) is 23.9 Å². The van der Waals surface area contributed by atoms with Crippen LogP contribution in [-0.4, -0.2) is 77.1 Å². The average molecular weight is 417 g/mol. The molecule has 8 nitrogen and oxygen atoms in total. The van der Waals surface area contributed by atoms with E-state index < -0.39 is 23.4 Å². The highest BCUT2D eigenvalue weighted by atomic mass is 19.4. The highest BCUT2D eigenvalue weighted by Gasteiger charge is 2.32. The number of anilines is 1. The van der Waals surface area contributed by atoms with Crippen molar-refractivity contribution in [2.45, 2.75) is 39.0 Å². The monoisotopic (exact) mass is 417 g/mol. The Balaban J connectivity index is 1.80. The van der Waals surface area contributed by atoms with Crippen molar-refractivity contribution in [2.24, 2.45) is 0 Å². The van der Waals surface area contributed by atoms with Gasteiger partial charge in [-0.15, -0.1) is 0 Å². The molecule has 0 atom stereocenters. The first-order chi connectivity index (χ1) is 13.4. The molecule has 1 aromatic heterocycles. The largest absolute Gasteiger partial charge is 0.444 e. The van der Waals surface area contributed by atoms with Crippen LogP contribution in [-0.2, 0) is 15.7 Å². The van der Waals surface area contributed by atoms with E-state index in [4.69, 9.17) is 4.74 Å². The van der Waals surface area contributed by atoms with Crippen molar-refractivity contribution in [3.05, 3.63) is 18.0 Å². The molecule has 0 bridgehead atoms. The van der Waals surface area contributed by atoms with Crippen LogP contribution in [0, 0.1) is 0 Å². The van der Waals surface area contributed by atoms with Gasteiger partial charge in [-0.2, -0.15) is 13.2 Å². The maximum Gasteiger partial charge on any atom is 0.419 e. The molecular formula is C18H26F3N5O3. The van der Waals surface area contributed by atoms with Crippen LogP contribution < -0.4 is 4.90 Å². The number of amides is 2. The van der Waals surface area contributed by atoms with E-state index in [9.17, 15) is 22.8 Å². The summed E-state index contributed by atoms with van der Waals surface area (Å²) in [5.41, 5.74) is -1.50. The van der Waals surface area contributed by atoms with Gasteiger partial charge in [-0.3, -0.25) is 4.79 Å². The summed E-state index contributed by atoms with van der Waals surface area (Å²) in [7, 11) is 1.57. The Hall–Kier alpha value is -2.59. The fourth-order valence-electron chi connectivity index (χ4n) is 2.64. The molecule has 0 aliphatic carbocycles. The summed E-state index contributed by atoms with van der Waals surface area (Å²) in [6, 6.07) is 0. The molecule has 1 saturated heterocycles. The lowest BCUT2D eigenvalue weighted by Crippen LogP contribution is -2.49. The second-order valence-electron chi connectivity index (χ2n) is 7.79. The quantitative estimate of drug-likeness (QED) is 0.749. The molecule has 1 aliphatic rings. The number of halogens is 3. The topological polar surface area (TPSA) is 78.9 Å². The number of carbonyl (C=O) groups is 2. The van der Waals surface area contributed by atoms with Crippen molar-refractivity contribution in [2.75, 3.05) is 44.7 Å². The Kier molecular flexibility index (Phi) is 6.91. The molecule has 2 heterocycles. The normalized spacial score (nSPS) is 15.3. The van der Waals surface area contributed by atoms with E-state index >= 15 is 0 Å². The minimum absolute atomic E-state index is 0.103. The number of carbonyl (C=O) groups excluding carboxylic acids is 2. The summed E-state index contributed by atoms with van der Waals surface area (Å²) < 4.78 is 43.0. The molecule has 29 heavy (non-hydrogen) atoms. The van der Waals surface area contributed by atoms with Gasteiger partial charge < -0.3 is 19.4 Å². The van der Waals surface area contributed by atoms with Crippen LogP contribution in [0.15, 0.2) is 12.4 Å². The van der Waals surface area contributed by atoms with E-state index in [1.807, 2.05) is 0 Å². The van der Waals surface area contributed by atoms with Crippen molar-refractivity contribution in [1.82, 2.24) is 19.8 Å². The van der Waals surface area contributed by atoms with Crippen LogP contribution in [0.5, 0.6) is 0 Å². The number of hydrogen-bond donors (Lipinski definition) is 0. The van der Waals surface area contributed by atoms with E-state index in [1.165, 1.54) is 4.90 Å². The third-order valence-electron chi connectivity index (χ3n) is 4.25.